The van der Waals surface area contributed by atoms with Gasteiger partial charge in [0, 0.05) is 28.7 Å². The predicted octanol–water partition coefficient (Wildman–Crippen LogP) is 3.71. The number of phenols is 1. The van der Waals surface area contributed by atoms with E-state index in [1.807, 2.05) is 27.0 Å². The number of aryl methyl sites for hydroxylation is 1. The lowest BCUT2D eigenvalue weighted by atomic mass is 10.1. The van der Waals surface area contributed by atoms with E-state index >= 15 is 0 Å². The molecule has 0 bridgehead atoms. The highest BCUT2D eigenvalue weighted by Crippen LogP contribution is 2.25. The number of aromatic hydroxyl groups is 1. The number of halogens is 1. The highest BCUT2D eigenvalue weighted by atomic mass is 32.1. The third-order valence-electron chi connectivity index (χ3n) is 2.96. The summed E-state index contributed by atoms with van der Waals surface area (Å²) in [6.07, 6.45) is 1.84. The molecule has 2 unspecified atom stereocenters. The number of phenolic OH excluding ortho intramolecular Hbond substituents is 1. The van der Waals surface area contributed by atoms with Gasteiger partial charge in [0.2, 0.25) is 0 Å². The number of hydrogen-bond acceptors (Lipinski definition) is 4. The second kappa shape index (κ2) is 5.67. The van der Waals surface area contributed by atoms with Crippen LogP contribution in [0.3, 0.4) is 0 Å². The molecule has 1 heterocycles. The van der Waals surface area contributed by atoms with E-state index in [2.05, 4.69) is 10.3 Å². The van der Waals surface area contributed by atoms with E-state index in [1.165, 1.54) is 6.07 Å². The van der Waals surface area contributed by atoms with Crippen molar-refractivity contribution in [2.45, 2.75) is 32.9 Å². The summed E-state index contributed by atoms with van der Waals surface area (Å²) >= 11 is 1.63. The second-order valence-electron chi connectivity index (χ2n) is 4.63. The van der Waals surface area contributed by atoms with Crippen LogP contribution < -0.4 is 5.32 Å². The summed E-state index contributed by atoms with van der Waals surface area (Å²) in [7, 11) is 0. The molecule has 2 rings (SSSR count). The first-order chi connectivity index (χ1) is 8.97. The van der Waals surface area contributed by atoms with Crippen LogP contribution in [0.25, 0.3) is 0 Å². The molecule has 1 aromatic carbocycles. The molecule has 0 aliphatic rings. The fourth-order valence-corrected chi connectivity index (χ4v) is 2.76. The fourth-order valence-electron chi connectivity index (χ4n) is 1.98. The molecule has 0 aliphatic heterocycles. The van der Waals surface area contributed by atoms with Crippen molar-refractivity contribution < 1.29 is 9.50 Å². The molecular formula is C14H17FN2OS. The topological polar surface area (TPSA) is 45.2 Å². The van der Waals surface area contributed by atoms with Gasteiger partial charge in [-0.25, -0.2) is 9.37 Å². The van der Waals surface area contributed by atoms with Gasteiger partial charge in [-0.2, -0.15) is 0 Å². The third-order valence-corrected chi connectivity index (χ3v) is 4.06. The Morgan fingerprint density at radius 1 is 1.32 bits per heavy atom. The Morgan fingerprint density at radius 2 is 2.05 bits per heavy atom. The van der Waals surface area contributed by atoms with Crippen LogP contribution in [0.2, 0.25) is 0 Å². The van der Waals surface area contributed by atoms with Crippen molar-refractivity contribution in [3.63, 3.8) is 0 Å². The Hall–Kier alpha value is -1.46. The van der Waals surface area contributed by atoms with Crippen LogP contribution in [0, 0.1) is 12.7 Å². The van der Waals surface area contributed by atoms with Crippen LogP contribution >= 0.6 is 11.3 Å². The van der Waals surface area contributed by atoms with Crippen LogP contribution in [0.5, 0.6) is 5.75 Å². The molecule has 0 radical (unpaired) electrons. The molecule has 1 aromatic heterocycles. The summed E-state index contributed by atoms with van der Waals surface area (Å²) in [5.74, 6) is -0.459. The monoisotopic (exact) mass is 280 g/mol. The Balaban J connectivity index is 2.10. The lowest BCUT2D eigenvalue weighted by Crippen LogP contribution is -2.23. The maximum Gasteiger partial charge on any atom is 0.131 e. The number of benzene rings is 1. The molecule has 2 aromatic rings. The molecular weight excluding hydrogens is 263 g/mol. The van der Waals surface area contributed by atoms with E-state index in [0.717, 1.165) is 16.0 Å². The van der Waals surface area contributed by atoms with Gasteiger partial charge < -0.3 is 10.4 Å². The summed E-state index contributed by atoms with van der Waals surface area (Å²) in [5.41, 5.74) is 0.540. The minimum Gasteiger partial charge on any atom is -0.508 e. The number of nitrogens with zero attached hydrogens (tertiary/aromatic N) is 1. The van der Waals surface area contributed by atoms with E-state index in [1.54, 1.807) is 17.4 Å². The molecule has 0 spiro atoms. The highest BCUT2D eigenvalue weighted by molar-refractivity contribution is 7.11. The fraction of sp³-hybridized carbons (Fsp3) is 0.357. The largest absolute Gasteiger partial charge is 0.508 e. The van der Waals surface area contributed by atoms with E-state index in [0.29, 0.717) is 5.56 Å². The maximum atomic E-state index is 13.7. The average Bonchev–Trinajstić information content (AvgIpc) is 2.75. The van der Waals surface area contributed by atoms with Crippen molar-refractivity contribution >= 4 is 11.3 Å². The van der Waals surface area contributed by atoms with Crippen LogP contribution in [0.15, 0.2) is 24.4 Å². The summed E-state index contributed by atoms with van der Waals surface area (Å²) in [6, 6.07) is 4.13. The zero-order valence-corrected chi connectivity index (χ0v) is 12.0. The molecule has 19 heavy (non-hydrogen) atoms. The van der Waals surface area contributed by atoms with Gasteiger partial charge in [0.05, 0.1) is 6.04 Å². The standard InChI is InChI=1S/C14H17FN2OS/c1-8-7-16-14(19-8)10(3)17-9(2)12-5-4-11(18)6-13(12)15/h4-7,9-10,17-18H,1-3H3. The molecule has 5 heteroatoms. The normalized spacial score (nSPS) is 14.3. The van der Waals surface area contributed by atoms with E-state index in [4.69, 9.17) is 0 Å². The Kier molecular flexibility index (Phi) is 4.17. The lowest BCUT2D eigenvalue weighted by Gasteiger charge is -2.19. The summed E-state index contributed by atoms with van der Waals surface area (Å²) in [4.78, 5) is 5.48. The molecule has 0 saturated heterocycles. The number of rotatable bonds is 4. The van der Waals surface area contributed by atoms with Crippen molar-refractivity contribution in [1.29, 1.82) is 0 Å². The van der Waals surface area contributed by atoms with Crippen molar-refractivity contribution in [1.82, 2.24) is 10.3 Å². The number of hydrogen-bond donors (Lipinski definition) is 2. The van der Waals surface area contributed by atoms with Crippen LogP contribution in [-0.4, -0.2) is 10.1 Å². The predicted molar refractivity (Wildman–Crippen MR) is 74.9 cm³/mol. The maximum absolute atomic E-state index is 13.7. The van der Waals surface area contributed by atoms with Crippen molar-refractivity contribution in [3.8, 4) is 5.75 Å². The first kappa shape index (κ1) is 14.0. The quantitative estimate of drug-likeness (QED) is 0.897. The van der Waals surface area contributed by atoms with Crippen molar-refractivity contribution in [2.24, 2.45) is 0 Å². The van der Waals surface area contributed by atoms with Gasteiger partial charge in [0.1, 0.15) is 16.6 Å². The zero-order chi connectivity index (χ0) is 14.0. The summed E-state index contributed by atoms with van der Waals surface area (Å²) < 4.78 is 13.7. The number of nitrogens with one attached hydrogen (secondary N) is 1. The second-order valence-corrected chi connectivity index (χ2v) is 5.89. The average molecular weight is 280 g/mol. The first-order valence-electron chi connectivity index (χ1n) is 6.14. The van der Waals surface area contributed by atoms with Gasteiger partial charge in [-0.1, -0.05) is 6.07 Å². The van der Waals surface area contributed by atoms with E-state index in [9.17, 15) is 9.50 Å². The van der Waals surface area contributed by atoms with Crippen LogP contribution in [-0.2, 0) is 0 Å². The summed E-state index contributed by atoms with van der Waals surface area (Å²) in [6.45, 7) is 5.91. The van der Waals surface area contributed by atoms with Crippen LogP contribution in [0.4, 0.5) is 4.39 Å². The molecule has 0 fully saturated rings. The molecule has 2 N–H and O–H groups in total. The van der Waals surface area contributed by atoms with E-state index in [-0.39, 0.29) is 17.8 Å². The molecule has 0 saturated carbocycles. The molecule has 0 aliphatic carbocycles. The van der Waals surface area contributed by atoms with Gasteiger partial charge in [0.25, 0.3) is 0 Å². The van der Waals surface area contributed by atoms with Gasteiger partial charge in [-0.15, -0.1) is 11.3 Å². The Morgan fingerprint density at radius 3 is 2.63 bits per heavy atom. The minimum atomic E-state index is -0.400. The van der Waals surface area contributed by atoms with Crippen LogP contribution in [0.1, 0.15) is 41.4 Å². The molecule has 2 atom stereocenters. The van der Waals surface area contributed by atoms with Gasteiger partial charge in [-0.05, 0) is 26.8 Å². The Labute approximate surface area is 116 Å². The smallest absolute Gasteiger partial charge is 0.131 e. The molecule has 102 valence electrons. The van der Waals surface area contributed by atoms with Gasteiger partial charge in [0.15, 0.2) is 0 Å². The Bertz CT molecular complexity index is 570. The SMILES string of the molecule is Cc1cnc(C(C)NC(C)c2ccc(O)cc2F)s1. The van der Waals surface area contributed by atoms with Crippen molar-refractivity contribution in [3.05, 3.63) is 45.7 Å². The minimum absolute atomic E-state index is 0.0573. The number of aromatic nitrogens is 1. The molecule has 0 amide bonds. The number of thiazole rings is 1. The lowest BCUT2D eigenvalue weighted by molar-refractivity contribution is 0.454. The van der Waals surface area contributed by atoms with E-state index < -0.39 is 5.82 Å². The third kappa shape index (κ3) is 3.30. The summed E-state index contributed by atoms with van der Waals surface area (Å²) in [5, 5.41) is 13.5. The zero-order valence-electron chi connectivity index (χ0n) is 11.1. The van der Waals surface area contributed by atoms with Gasteiger partial charge >= 0.3 is 0 Å². The molecule has 3 nitrogen and oxygen atoms in total. The highest BCUT2D eigenvalue weighted by Gasteiger charge is 2.16. The van der Waals surface area contributed by atoms with Gasteiger partial charge in [-0.3, -0.25) is 0 Å². The first-order valence-corrected chi connectivity index (χ1v) is 6.96. The van der Waals surface area contributed by atoms with Crippen molar-refractivity contribution in [2.75, 3.05) is 0 Å².